The van der Waals surface area contributed by atoms with Crippen molar-refractivity contribution in [2.45, 2.75) is 39.8 Å². The van der Waals surface area contributed by atoms with Crippen LogP contribution in [0.1, 0.15) is 49.2 Å². The molecule has 1 aromatic heterocycles. The maximum Gasteiger partial charge on any atom is 0.325 e. The normalized spacial score (nSPS) is 12.3. The van der Waals surface area contributed by atoms with Gasteiger partial charge in [-0.3, -0.25) is 9.59 Å². The summed E-state index contributed by atoms with van der Waals surface area (Å²) in [6.07, 6.45) is 0. The minimum atomic E-state index is -0.419. The second-order valence-electron chi connectivity index (χ2n) is 4.69. The number of carbonyl (C=O) groups is 2. The van der Waals surface area contributed by atoms with Crippen LogP contribution < -0.4 is 5.73 Å². The summed E-state index contributed by atoms with van der Waals surface area (Å²) in [5, 5.41) is 2.37. The lowest BCUT2D eigenvalue weighted by Gasteiger charge is -2.24. The van der Waals surface area contributed by atoms with Gasteiger partial charge in [-0.25, -0.2) is 4.98 Å². The molecule has 1 atom stereocenters. The number of rotatable bonds is 6. The zero-order chi connectivity index (χ0) is 15.3. The van der Waals surface area contributed by atoms with Gasteiger partial charge >= 0.3 is 5.97 Å². The van der Waals surface area contributed by atoms with Crippen LogP contribution in [0.2, 0.25) is 0 Å². The summed E-state index contributed by atoms with van der Waals surface area (Å²) in [4.78, 5) is 29.6. The molecule has 1 unspecified atom stereocenters. The Labute approximate surface area is 122 Å². The van der Waals surface area contributed by atoms with Crippen molar-refractivity contribution in [3.8, 4) is 0 Å². The van der Waals surface area contributed by atoms with E-state index in [9.17, 15) is 9.59 Å². The van der Waals surface area contributed by atoms with E-state index in [0.717, 1.165) is 0 Å². The summed E-state index contributed by atoms with van der Waals surface area (Å²) in [5.41, 5.74) is 6.05. The molecule has 1 aromatic rings. The SMILES string of the molecule is CCOC(=O)CN(C(=O)c1csc(C(C)N)n1)C(C)C. The standard InChI is InChI=1S/C13H21N3O3S/c1-5-19-11(17)6-16(8(2)3)13(18)10-7-20-12(15-10)9(4)14/h7-9H,5-6,14H2,1-4H3. The summed E-state index contributed by atoms with van der Waals surface area (Å²) in [6.45, 7) is 7.45. The van der Waals surface area contributed by atoms with Gasteiger partial charge in [0.05, 0.1) is 12.6 Å². The summed E-state index contributed by atoms with van der Waals surface area (Å²) in [5.74, 6) is -0.701. The van der Waals surface area contributed by atoms with E-state index in [2.05, 4.69) is 4.98 Å². The fraction of sp³-hybridized carbons (Fsp3) is 0.615. The molecule has 0 spiro atoms. The predicted molar refractivity (Wildman–Crippen MR) is 77.5 cm³/mol. The third kappa shape index (κ3) is 4.28. The Kier molecular flexibility index (Phi) is 6.09. The molecular formula is C13H21N3O3S. The highest BCUT2D eigenvalue weighted by Gasteiger charge is 2.24. The highest BCUT2D eigenvalue weighted by atomic mass is 32.1. The number of thiazole rings is 1. The maximum absolute atomic E-state index is 12.4. The summed E-state index contributed by atoms with van der Waals surface area (Å²) in [7, 11) is 0. The van der Waals surface area contributed by atoms with Crippen molar-refractivity contribution in [2.24, 2.45) is 5.73 Å². The lowest BCUT2D eigenvalue weighted by Crippen LogP contribution is -2.41. The van der Waals surface area contributed by atoms with Crippen molar-refractivity contribution < 1.29 is 14.3 Å². The van der Waals surface area contributed by atoms with Gasteiger partial charge in [-0.2, -0.15) is 0 Å². The summed E-state index contributed by atoms with van der Waals surface area (Å²) < 4.78 is 4.88. The highest BCUT2D eigenvalue weighted by molar-refractivity contribution is 7.09. The molecule has 20 heavy (non-hydrogen) atoms. The van der Waals surface area contributed by atoms with Crippen molar-refractivity contribution in [1.82, 2.24) is 9.88 Å². The zero-order valence-corrected chi connectivity index (χ0v) is 13.1. The van der Waals surface area contributed by atoms with Crippen LogP contribution in [-0.4, -0.2) is 41.0 Å². The van der Waals surface area contributed by atoms with Crippen molar-refractivity contribution in [3.05, 3.63) is 16.1 Å². The summed E-state index contributed by atoms with van der Waals surface area (Å²) >= 11 is 1.34. The number of carbonyl (C=O) groups excluding carboxylic acids is 2. The quantitative estimate of drug-likeness (QED) is 0.806. The lowest BCUT2D eigenvalue weighted by molar-refractivity contribution is -0.144. The molecule has 6 nitrogen and oxygen atoms in total. The van der Waals surface area contributed by atoms with Gasteiger partial charge in [0.15, 0.2) is 0 Å². The molecule has 0 bridgehead atoms. The molecule has 0 aliphatic carbocycles. The molecule has 1 heterocycles. The minimum absolute atomic E-state index is 0.0740. The molecule has 112 valence electrons. The van der Waals surface area contributed by atoms with E-state index in [1.807, 2.05) is 20.8 Å². The van der Waals surface area contributed by atoms with Crippen LogP contribution in [0.3, 0.4) is 0 Å². The number of hydrogen-bond acceptors (Lipinski definition) is 6. The number of esters is 1. The molecular weight excluding hydrogens is 278 g/mol. The molecule has 0 aliphatic heterocycles. The first-order valence-electron chi connectivity index (χ1n) is 6.54. The first kappa shape index (κ1) is 16.6. The molecule has 0 saturated heterocycles. The van der Waals surface area contributed by atoms with Gasteiger partial charge < -0.3 is 15.4 Å². The average Bonchev–Trinajstić information content (AvgIpc) is 2.84. The van der Waals surface area contributed by atoms with Crippen LogP contribution in [0.15, 0.2) is 5.38 Å². The van der Waals surface area contributed by atoms with E-state index in [1.54, 1.807) is 12.3 Å². The van der Waals surface area contributed by atoms with Crippen LogP contribution in [0.5, 0.6) is 0 Å². The van der Waals surface area contributed by atoms with Crippen molar-refractivity contribution >= 4 is 23.2 Å². The highest BCUT2D eigenvalue weighted by Crippen LogP contribution is 2.18. The maximum atomic E-state index is 12.4. The van der Waals surface area contributed by atoms with E-state index in [1.165, 1.54) is 16.2 Å². The van der Waals surface area contributed by atoms with Crippen LogP contribution in [0, 0.1) is 0 Å². The smallest absolute Gasteiger partial charge is 0.325 e. The first-order valence-corrected chi connectivity index (χ1v) is 7.42. The first-order chi connectivity index (χ1) is 9.36. The Morgan fingerprint density at radius 2 is 2.10 bits per heavy atom. The molecule has 1 amide bonds. The molecule has 0 radical (unpaired) electrons. The Bertz CT molecular complexity index is 471. The molecule has 7 heteroatoms. The van der Waals surface area contributed by atoms with Crippen LogP contribution in [-0.2, 0) is 9.53 Å². The lowest BCUT2D eigenvalue weighted by atomic mass is 10.2. The number of nitrogens with zero attached hydrogens (tertiary/aromatic N) is 2. The number of nitrogens with two attached hydrogens (primary N) is 1. The van der Waals surface area contributed by atoms with Crippen molar-refractivity contribution in [2.75, 3.05) is 13.2 Å². The van der Waals surface area contributed by atoms with E-state index in [0.29, 0.717) is 17.3 Å². The van der Waals surface area contributed by atoms with Gasteiger partial charge in [0.1, 0.15) is 17.2 Å². The van der Waals surface area contributed by atoms with Gasteiger partial charge in [0, 0.05) is 11.4 Å². The zero-order valence-electron chi connectivity index (χ0n) is 12.3. The largest absolute Gasteiger partial charge is 0.465 e. The molecule has 0 aliphatic rings. The predicted octanol–water partition coefficient (Wildman–Crippen LogP) is 1.58. The fourth-order valence-corrected chi connectivity index (χ4v) is 2.33. The minimum Gasteiger partial charge on any atom is -0.465 e. The van der Waals surface area contributed by atoms with E-state index >= 15 is 0 Å². The number of hydrogen-bond donors (Lipinski definition) is 1. The Morgan fingerprint density at radius 1 is 1.45 bits per heavy atom. The van der Waals surface area contributed by atoms with E-state index in [-0.39, 0.29) is 24.5 Å². The van der Waals surface area contributed by atoms with Gasteiger partial charge in [-0.1, -0.05) is 0 Å². The Morgan fingerprint density at radius 3 is 2.55 bits per heavy atom. The Balaban J connectivity index is 2.85. The molecule has 0 fully saturated rings. The molecule has 0 aromatic carbocycles. The average molecular weight is 299 g/mol. The molecule has 1 rings (SSSR count). The number of aromatic nitrogens is 1. The monoisotopic (exact) mass is 299 g/mol. The topological polar surface area (TPSA) is 85.5 Å². The van der Waals surface area contributed by atoms with Crippen LogP contribution in [0.25, 0.3) is 0 Å². The van der Waals surface area contributed by atoms with Gasteiger partial charge in [0.2, 0.25) is 0 Å². The van der Waals surface area contributed by atoms with E-state index < -0.39 is 5.97 Å². The van der Waals surface area contributed by atoms with E-state index in [4.69, 9.17) is 10.5 Å². The van der Waals surface area contributed by atoms with Crippen LogP contribution >= 0.6 is 11.3 Å². The second kappa shape index (κ2) is 7.35. The summed E-state index contributed by atoms with van der Waals surface area (Å²) in [6, 6.07) is -0.327. The second-order valence-corrected chi connectivity index (χ2v) is 5.58. The molecule has 2 N–H and O–H groups in total. The fourth-order valence-electron chi connectivity index (χ4n) is 1.58. The van der Waals surface area contributed by atoms with Gasteiger partial charge in [-0.15, -0.1) is 11.3 Å². The Hall–Kier alpha value is -1.47. The van der Waals surface area contributed by atoms with Crippen LogP contribution in [0.4, 0.5) is 0 Å². The van der Waals surface area contributed by atoms with Crippen molar-refractivity contribution in [3.63, 3.8) is 0 Å². The number of amides is 1. The van der Waals surface area contributed by atoms with Crippen molar-refractivity contribution in [1.29, 1.82) is 0 Å². The van der Waals surface area contributed by atoms with Gasteiger partial charge in [0.25, 0.3) is 5.91 Å². The third-order valence-corrected chi connectivity index (χ3v) is 3.67. The number of ether oxygens (including phenoxy) is 1. The van der Waals surface area contributed by atoms with Gasteiger partial charge in [-0.05, 0) is 27.7 Å². The third-order valence-electron chi connectivity index (χ3n) is 2.62. The molecule has 0 saturated carbocycles.